The van der Waals surface area contributed by atoms with Crippen LogP contribution in [0.5, 0.6) is 0 Å². The number of anilines is 1. The van der Waals surface area contributed by atoms with Crippen molar-refractivity contribution in [2.24, 2.45) is 0 Å². The monoisotopic (exact) mass is 239 g/mol. The average molecular weight is 240 g/mol. The summed E-state index contributed by atoms with van der Waals surface area (Å²) >= 11 is 5.83. The Labute approximate surface area is 97.4 Å². The number of carbonyl (C=O) groups is 1. The van der Waals surface area contributed by atoms with E-state index in [1.54, 1.807) is 6.92 Å². The molecule has 1 aliphatic rings. The number of aromatic nitrogens is 2. The van der Waals surface area contributed by atoms with Crippen LogP contribution in [0.3, 0.4) is 0 Å². The van der Waals surface area contributed by atoms with E-state index in [0.717, 1.165) is 13.0 Å². The predicted molar refractivity (Wildman–Crippen MR) is 59.8 cm³/mol. The van der Waals surface area contributed by atoms with Gasteiger partial charge in [-0.15, -0.1) is 0 Å². The molecule has 0 fully saturated rings. The zero-order valence-electron chi connectivity index (χ0n) is 8.64. The number of aromatic carboxylic acids is 1. The Morgan fingerprint density at radius 2 is 2.31 bits per heavy atom. The Morgan fingerprint density at radius 3 is 2.81 bits per heavy atom. The van der Waals surface area contributed by atoms with E-state index in [2.05, 4.69) is 9.97 Å². The minimum Gasteiger partial charge on any atom is -0.478 e. The van der Waals surface area contributed by atoms with Crippen LogP contribution in [0, 0.1) is 6.92 Å². The highest BCUT2D eigenvalue weighted by molar-refractivity contribution is 6.32. The van der Waals surface area contributed by atoms with Crippen LogP contribution in [-0.2, 0) is 0 Å². The average Bonchev–Trinajstić information content (AvgIpc) is 2.67. The van der Waals surface area contributed by atoms with E-state index in [0.29, 0.717) is 11.6 Å². The SMILES string of the molecule is Cc1nc(N2C=CCC2)nc(Cl)c1C(=O)O. The van der Waals surface area contributed by atoms with Gasteiger partial charge >= 0.3 is 5.97 Å². The number of halogens is 1. The standard InChI is InChI=1S/C10H10ClN3O2/c1-6-7(9(15)16)8(11)13-10(12-6)14-4-2-3-5-14/h2,4H,3,5H2,1H3,(H,15,16). The first kappa shape index (κ1) is 10.9. The number of nitrogens with zero attached hydrogens (tertiary/aromatic N) is 3. The summed E-state index contributed by atoms with van der Waals surface area (Å²) in [5, 5.41) is 8.89. The smallest absolute Gasteiger partial charge is 0.340 e. The molecule has 1 aromatic heterocycles. The minimum absolute atomic E-state index is 0.0182. The topological polar surface area (TPSA) is 66.3 Å². The lowest BCUT2D eigenvalue weighted by Crippen LogP contribution is -2.17. The van der Waals surface area contributed by atoms with Crippen LogP contribution < -0.4 is 4.90 Å². The largest absolute Gasteiger partial charge is 0.478 e. The van der Waals surface area contributed by atoms with Crippen molar-refractivity contribution in [3.8, 4) is 0 Å². The van der Waals surface area contributed by atoms with Crippen molar-refractivity contribution in [2.75, 3.05) is 11.4 Å². The third-order valence-electron chi connectivity index (χ3n) is 2.33. The van der Waals surface area contributed by atoms with Gasteiger partial charge in [0.15, 0.2) is 0 Å². The van der Waals surface area contributed by atoms with Crippen LogP contribution >= 0.6 is 11.6 Å². The Kier molecular flexibility index (Phi) is 2.78. The molecule has 0 saturated carbocycles. The van der Waals surface area contributed by atoms with Gasteiger partial charge in [0.2, 0.25) is 5.95 Å². The van der Waals surface area contributed by atoms with Gasteiger partial charge in [-0.1, -0.05) is 17.7 Å². The lowest BCUT2D eigenvalue weighted by Gasteiger charge is -2.14. The normalized spacial score (nSPS) is 14.5. The molecule has 2 heterocycles. The highest BCUT2D eigenvalue weighted by Gasteiger charge is 2.19. The van der Waals surface area contributed by atoms with Crippen molar-refractivity contribution in [3.63, 3.8) is 0 Å². The quantitative estimate of drug-likeness (QED) is 0.798. The van der Waals surface area contributed by atoms with Crippen LogP contribution in [0.4, 0.5) is 5.95 Å². The molecule has 0 spiro atoms. The van der Waals surface area contributed by atoms with E-state index in [4.69, 9.17) is 16.7 Å². The fraction of sp³-hybridized carbons (Fsp3) is 0.300. The maximum Gasteiger partial charge on any atom is 0.340 e. The molecule has 0 saturated heterocycles. The summed E-state index contributed by atoms with van der Waals surface area (Å²) in [5.41, 5.74) is 0.344. The summed E-state index contributed by atoms with van der Waals surface area (Å²) in [6, 6.07) is 0. The van der Waals surface area contributed by atoms with E-state index in [-0.39, 0.29) is 10.7 Å². The number of hydrogen-bond acceptors (Lipinski definition) is 4. The second-order valence-corrected chi connectivity index (χ2v) is 3.80. The highest BCUT2D eigenvalue weighted by atomic mass is 35.5. The third kappa shape index (κ3) is 1.86. The molecule has 0 unspecified atom stereocenters. The van der Waals surface area contributed by atoms with E-state index >= 15 is 0 Å². The summed E-state index contributed by atoms with van der Waals surface area (Å²) in [6.45, 7) is 2.41. The zero-order valence-corrected chi connectivity index (χ0v) is 9.40. The van der Waals surface area contributed by atoms with Gasteiger partial charge in [0, 0.05) is 12.7 Å². The minimum atomic E-state index is -1.11. The molecular weight excluding hydrogens is 230 g/mol. The molecular formula is C10H10ClN3O2. The van der Waals surface area contributed by atoms with Gasteiger partial charge in [0.05, 0.1) is 5.69 Å². The molecule has 0 atom stereocenters. The predicted octanol–water partition coefficient (Wildman–Crippen LogP) is 1.86. The molecule has 0 aromatic carbocycles. The highest BCUT2D eigenvalue weighted by Crippen LogP contribution is 2.22. The van der Waals surface area contributed by atoms with Crippen molar-refractivity contribution in [1.29, 1.82) is 0 Å². The fourth-order valence-corrected chi connectivity index (χ4v) is 1.85. The third-order valence-corrected chi connectivity index (χ3v) is 2.60. The second kappa shape index (κ2) is 4.09. The molecule has 0 bridgehead atoms. The summed E-state index contributed by atoms with van der Waals surface area (Å²) in [4.78, 5) is 20.8. The van der Waals surface area contributed by atoms with Crippen LogP contribution in [0.25, 0.3) is 0 Å². The summed E-state index contributed by atoms with van der Waals surface area (Å²) < 4.78 is 0. The van der Waals surface area contributed by atoms with Crippen molar-refractivity contribution in [1.82, 2.24) is 9.97 Å². The molecule has 1 N–H and O–H groups in total. The molecule has 2 rings (SSSR count). The fourth-order valence-electron chi connectivity index (χ4n) is 1.55. The van der Waals surface area contributed by atoms with E-state index < -0.39 is 5.97 Å². The second-order valence-electron chi connectivity index (χ2n) is 3.45. The van der Waals surface area contributed by atoms with Gasteiger partial charge in [0.25, 0.3) is 0 Å². The molecule has 0 aliphatic carbocycles. The molecule has 0 amide bonds. The first-order chi connectivity index (χ1) is 7.59. The van der Waals surface area contributed by atoms with Crippen LogP contribution in [0.1, 0.15) is 22.5 Å². The Morgan fingerprint density at radius 1 is 1.56 bits per heavy atom. The molecule has 6 heteroatoms. The van der Waals surface area contributed by atoms with Crippen molar-refractivity contribution in [2.45, 2.75) is 13.3 Å². The Balaban J connectivity index is 2.44. The van der Waals surface area contributed by atoms with Crippen LogP contribution in [0.2, 0.25) is 5.15 Å². The van der Waals surface area contributed by atoms with E-state index in [1.165, 1.54) is 0 Å². The summed E-state index contributed by atoms with van der Waals surface area (Å²) in [7, 11) is 0. The lowest BCUT2D eigenvalue weighted by molar-refractivity contribution is 0.0695. The van der Waals surface area contributed by atoms with Gasteiger partial charge in [-0.25, -0.2) is 9.78 Å². The summed E-state index contributed by atoms with van der Waals surface area (Å²) in [6.07, 6.45) is 4.80. The van der Waals surface area contributed by atoms with Gasteiger partial charge in [0.1, 0.15) is 10.7 Å². The maximum atomic E-state index is 10.9. The van der Waals surface area contributed by atoms with Gasteiger partial charge < -0.3 is 10.0 Å². The van der Waals surface area contributed by atoms with E-state index in [1.807, 2.05) is 17.2 Å². The molecule has 1 aromatic rings. The molecule has 0 radical (unpaired) electrons. The van der Waals surface area contributed by atoms with Crippen LogP contribution in [0.15, 0.2) is 12.3 Å². The molecule has 16 heavy (non-hydrogen) atoms. The zero-order chi connectivity index (χ0) is 11.7. The number of hydrogen-bond donors (Lipinski definition) is 1. The van der Waals surface area contributed by atoms with Crippen LogP contribution in [-0.4, -0.2) is 27.6 Å². The first-order valence-electron chi connectivity index (χ1n) is 4.80. The molecule has 1 aliphatic heterocycles. The van der Waals surface area contributed by atoms with Gasteiger partial charge in [-0.05, 0) is 13.3 Å². The number of carboxylic acid groups (broad SMARTS) is 1. The van der Waals surface area contributed by atoms with Gasteiger partial charge in [-0.2, -0.15) is 4.98 Å². The Hall–Kier alpha value is -1.62. The first-order valence-corrected chi connectivity index (χ1v) is 5.18. The van der Waals surface area contributed by atoms with Gasteiger partial charge in [-0.3, -0.25) is 0 Å². The summed E-state index contributed by atoms with van der Waals surface area (Å²) in [5.74, 6) is -0.660. The Bertz CT molecular complexity index is 450. The van der Waals surface area contributed by atoms with Crippen molar-refractivity contribution < 1.29 is 9.90 Å². The maximum absolute atomic E-state index is 10.9. The van der Waals surface area contributed by atoms with Crippen molar-refractivity contribution in [3.05, 3.63) is 28.7 Å². The number of rotatable bonds is 2. The lowest BCUT2D eigenvalue weighted by atomic mass is 10.2. The number of carboxylic acids is 1. The van der Waals surface area contributed by atoms with E-state index in [9.17, 15) is 4.79 Å². The number of aryl methyl sites for hydroxylation is 1. The molecule has 84 valence electrons. The van der Waals surface area contributed by atoms with Crippen molar-refractivity contribution >= 4 is 23.5 Å². The molecule has 5 nitrogen and oxygen atoms in total.